The summed E-state index contributed by atoms with van der Waals surface area (Å²) in [5.74, 6) is -0.178. The van der Waals surface area contributed by atoms with E-state index in [1.165, 1.54) is 16.9 Å². The van der Waals surface area contributed by atoms with Gasteiger partial charge in [-0.15, -0.1) is 11.3 Å². The fourth-order valence-electron chi connectivity index (χ4n) is 3.42. The number of piperazine rings is 1. The molecule has 2 aromatic rings. The lowest BCUT2D eigenvalue weighted by Crippen LogP contribution is -2.56. The Bertz CT molecular complexity index is 830. The first-order valence-corrected chi connectivity index (χ1v) is 10.8. The first-order chi connectivity index (χ1) is 13.4. The molecular weight excluding hydrogens is 394 g/mol. The minimum Gasteiger partial charge on any atom is -0.368 e. The molecule has 0 unspecified atom stereocenters. The van der Waals surface area contributed by atoms with Crippen molar-refractivity contribution in [1.82, 2.24) is 10.2 Å². The molecule has 1 atom stereocenters. The molecule has 0 aliphatic carbocycles. The summed E-state index contributed by atoms with van der Waals surface area (Å²) < 4.78 is 0. The van der Waals surface area contributed by atoms with Gasteiger partial charge in [-0.05, 0) is 42.0 Å². The molecular formula is C21H26ClN3O2S. The number of anilines is 1. The van der Waals surface area contributed by atoms with Crippen molar-refractivity contribution in [3.05, 3.63) is 51.2 Å². The van der Waals surface area contributed by atoms with Gasteiger partial charge in [0.15, 0.2) is 0 Å². The summed E-state index contributed by atoms with van der Waals surface area (Å²) in [5.41, 5.74) is 2.29. The molecule has 28 heavy (non-hydrogen) atoms. The van der Waals surface area contributed by atoms with E-state index in [0.29, 0.717) is 18.0 Å². The molecule has 3 rings (SSSR count). The van der Waals surface area contributed by atoms with Crippen molar-refractivity contribution >= 4 is 40.4 Å². The van der Waals surface area contributed by atoms with E-state index in [4.69, 9.17) is 11.6 Å². The molecule has 7 heteroatoms. The smallest absolute Gasteiger partial charge is 0.262 e. The normalized spacial score (nSPS) is 15.6. The van der Waals surface area contributed by atoms with Gasteiger partial charge in [0.25, 0.3) is 5.91 Å². The largest absolute Gasteiger partial charge is 0.368 e. The average Bonchev–Trinajstić information content (AvgIpc) is 3.22. The second-order valence-corrected chi connectivity index (χ2v) is 8.80. The van der Waals surface area contributed by atoms with E-state index in [1.54, 1.807) is 6.07 Å². The molecule has 1 saturated heterocycles. The van der Waals surface area contributed by atoms with E-state index in [-0.39, 0.29) is 17.7 Å². The third-order valence-electron chi connectivity index (χ3n) is 5.07. The number of carbonyl (C=O) groups is 2. The molecule has 1 aromatic carbocycles. The highest BCUT2D eigenvalue weighted by molar-refractivity contribution is 7.12. The maximum atomic E-state index is 13.1. The van der Waals surface area contributed by atoms with Crippen LogP contribution in [0.25, 0.3) is 0 Å². The van der Waals surface area contributed by atoms with Crippen molar-refractivity contribution in [3.63, 3.8) is 0 Å². The molecule has 5 nitrogen and oxygen atoms in total. The average molecular weight is 420 g/mol. The Hall–Kier alpha value is -2.05. The van der Waals surface area contributed by atoms with Crippen LogP contribution in [0.4, 0.5) is 5.69 Å². The van der Waals surface area contributed by atoms with Gasteiger partial charge in [0.2, 0.25) is 5.91 Å². The number of hydrogen-bond donors (Lipinski definition) is 1. The number of thiophene rings is 1. The zero-order valence-electron chi connectivity index (χ0n) is 16.4. The number of amides is 2. The second-order valence-electron chi connectivity index (χ2n) is 7.42. The lowest BCUT2D eigenvalue weighted by atomic mass is 10.0. The predicted molar refractivity (Wildman–Crippen MR) is 115 cm³/mol. The fourth-order valence-corrected chi connectivity index (χ4v) is 4.21. The standard InChI is InChI=1S/C21H26ClN3O2S/c1-14(2)19(23-20(26)18-5-4-12-28-18)21(27)25-10-8-24(9-11-25)17-13-16(22)7-6-15(17)3/h4-7,12-14,19H,8-11H2,1-3H3,(H,23,26)/t19-/m1/s1. The van der Waals surface area contributed by atoms with Crippen LogP contribution < -0.4 is 10.2 Å². The van der Waals surface area contributed by atoms with Gasteiger partial charge in [0.1, 0.15) is 6.04 Å². The minimum absolute atomic E-state index is 0.0117. The van der Waals surface area contributed by atoms with Gasteiger partial charge in [-0.25, -0.2) is 0 Å². The van der Waals surface area contributed by atoms with Crippen LogP contribution in [0.3, 0.4) is 0 Å². The van der Waals surface area contributed by atoms with E-state index < -0.39 is 6.04 Å². The molecule has 2 amide bonds. The number of aryl methyl sites for hydroxylation is 1. The predicted octanol–water partition coefficient (Wildman–Crippen LogP) is 3.81. The number of carbonyl (C=O) groups excluding carboxylic acids is 2. The summed E-state index contributed by atoms with van der Waals surface area (Å²) in [7, 11) is 0. The van der Waals surface area contributed by atoms with E-state index in [1.807, 2.05) is 48.4 Å². The summed E-state index contributed by atoms with van der Waals surface area (Å²) in [4.78, 5) is 30.3. The van der Waals surface area contributed by atoms with Gasteiger partial charge >= 0.3 is 0 Å². The third-order valence-corrected chi connectivity index (χ3v) is 6.17. The molecule has 0 bridgehead atoms. The summed E-state index contributed by atoms with van der Waals surface area (Å²) >= 11 is 7.53. The van der Waals surface area contributed by atoms with Crippen molar-refractivity contribution < 1.29 is 9.59 Å². The topological polar surface area (TPSA) is 52.6 Å². The Labute approximate surface area is 175 Å². The number of hydrogen-bond acceptors (Lipinski definition) is 4. The number of halogens is 1. The SMILES string of the molecule is Cc1ccc(Cl)cc1N1CCN(C(=O)[C@H](NC(=O)c2cccs2)C(C)C)CC1. The van der Waals surface area contributed by atoms with Crippen LogP contribution in [0.1, 0.15) is 29.1 Å². The molecule has 150 valence electrons. The number of nitrogens with zero attached hydrogens (tertiary/aromatic N) is 2. The molecule has 0 spiro atoms. The lowest BCUT2D eigenvalue weighted by Gasteiger charge is -2.38. The summed E-state index contributed by atoms with van der Waals surface area (Å²) in [6.07, 6.45) is 0. The maximum absolute atomic E-state index is 13.1. The quantitative estimate of drug-likeness (QED) is 0.801. The van der Waals surface area contributed by atoms with Gasteiger partial charge in [0.05, 0.1) is 4.88 Å². The van der Waals surface area contributed by atoms with E-state index in [0.717, 1.165) is 23.8 Å². The highest BCUT2D eigenvalue weighted by atomic mass is 35.5. The van der Waals surface area contributed by atoms with Crippen LogP contribution in [0, 0.1) is 12.8 Å². The highest BCUT2D eigenvalue weighted by Gasteiger charge is 2.31. The fraction of sp³-hybridized carbons (Fsp3) is 0.429. The summed E-state index contributed by atoms with van der Waals surface area (Å²) in [5, 5.41) is 5.50. The third kappa shape index (κ3) is 4.67. The van der Waals surface area contributed by atoms with Crippen LogP contribution in [0.5, 0.6) is 0 Å². The van der Waals surface area contributed by atoms with Crippen LogP contribution in [0.2, 0.25) is 5.02 Å². The molecule has 1 aliphatic heterocycles. The van der Waals surface area contributed by atoms with E-state index >= 15 is 0 Å². The van der Waals surface area contributed by atoms with Gasteiger partial charge < -0.3 is 15.1 Å². The molecule has 0 saturated carbocycles. The Morgan fingerprint density at radius 2 is 1.86 bits per heavy atom. The summed E-state index contributed by atoms with van der Waals surface area (Å²) in [6.45, 7) is 8.74. The van der Waals surface area contributed by atoms with Crippen LogP contribution >= 0.6 is 22.9 Å². The van der Waals surface area contributed by atoms with Crippen LogP contribution in [-0.4, -0.2) is 48.9 Å². The van der Waals surface area contributed by atoms with Crippen LogP contribution in [0.15, 0.2) is 35.7 Å². The highest BCUT2D eigenvalue weighted by Crippen LogP contribution is 2.25. The van der Waals surface area contributed by atoms with Gasteiger partial charge in [-0.2, -0.15) is 0 Å². The van der Waals surface area contributed by atoms with Crippen molar-refractivity contribution in [3.8, 4) is 0 Å². The van der Waals surface area contributed by atoms with Crippen molar-refractivity contribution in [2.45, 2.75) is 26.8 Å². The second kappa shape index (κ2) is 8.97. The molecule has 2 heterocycles. The Kier molecular flexibility index (Phi) is 6.62. The molecule has 1 N–H and O–H groups in total. The zero-order chi connectivity index (χ0) is 20.3. The molecule has 1 aliphatic rings. The monoisotopic (exact) mass is 419 g/mol. The van der Waals surface area contributed by atoms with Gasteiger partial charge in [0, 0.05) is 36.9 Å². The van der Waals surface area contributed by atoms with Crippen molar-refractivity contribution in [2.75, 3.05) is 31.1 Å². The van der Waals surface area contributed by atoms with Crippen molar-refractivity contribution in [1.29, 1.82) is 0 Å². The number of benzene rings is 1. The lowest BCUT2D eigenvalue weighted by molar-refractivity contribution is -0.134. The van der Waals surface area contributed by atoms with Gasteiger partial charge in [-0.1, -0.05) is 37.6 Å². The number of nitrogens with one attached hydrogen (secondary N) is 1. The van der Waals surface area contributed by atoms with E-state index in [9.17, 15) is 9.59 Å². The maximum Gasteiger partial charge on any atom is 0.262 e. The van der Waals surface area contributed by atoms with E-state index in [2.05, 4.69) is 17.1 Å². The molecule has 1 aromatic heterocycles. The van der Waals surface area contributed by atoms with Crippen LogP contribution in [-0.2, 0) is 4.79 Å². The Morgan fingerprint density at radius 1 is 1.14 bits per heavy atom. The first-order valence-electron chi connectivity index (χ1n) is 9.51. The Balaban J connectivity index is 1.64. The molecule has 1 fully saturated rings. The molecule has 0 radical (unpaired) electrons. The Morgan fingerprint density at radius 3 is 2.46 bits per heavy atom. The zero-order valence-corrected chi connectivity index (χ0v) is 18.0. The van der Waals surface area contributed by atoms with Gasteiger partial charge in [-0.3, -0.25) is 9.59 Å². The number of rotatable bonds is 5. The first kappa shape index (κ1) is 20.7. The summed E-state index contributed by atoms with van der Waals surface area (Å²) in [6, 6.07) is 8.98. The minimum atomic E-state index is -0.519. The van der Waals surface area contributed by atoms with Crippen molar-refractivity contribution in [2.24, 2.45) is 5.92 Å².